The van der Waals surface area contributed by atoms with Gasteiger partial charge in [0.1, 0.15) is 5.75 Å². The summed E-state index contributed by atoms with van der Waals surface area (Å²) in [5, 5.41) is 5.32. The highest BCUT2D eigenvalue weighted by atomic mass is 32.1. The van der Waals surface area contributed by atoms with Crippen molar-refractivity contribution in [2.75, 3.05) is 11.9 Å². The molecule has 0 aliphatic carbocycles. The fraction of sp³-hybridized carbons (Fsp3) is 0.120. The Kier molecular flexibility index (Phi) is 5.91. The molecule has 1 heterocycles. The number of aryl methyl sites for hydroxylation is 2. The monoisotopic (exact) mass is 414 g/mol. The number of carbonyl (C=O) groups excluding carboxylic acids is 1. The molecule has 0 unspecified atom stereocenters. The van der Waals surface area contributed by atoms with Crippen molar-refractivity contribution in [1.29, 1.82) is 0 Å². The van der Waals surface area contributed by atoms with Crippen LogP contribution in [0.15, 0.2) is 78.2 Å². The van der Waals surface area contributed by atoms with Gasteiger partial charge in [0.25, 0.3) is 5.91 Å². The average molecular weight is 415 g/mol. The summed E-state index contributed by atoms with van der Waals surface area (Å²) in [6.07, 6.45) is 0. The lowest BCUT2D eigenvalue weighted by atomic mass is 10.0. The molecule has 0 saturated heterocycles. The van der Waals surface area contributed by atoms with Crippen molar-refractivity contribution in [3.05, 3.63) is 89.3 Å². The van der Waals surface area contributed by atoms with Crippen molar-refractivity contribution < 1.29 is 9.53 Å². The van der Waals surface area contributed by atoms with Gasteiger partial charge in [0.2, 0.25) is 0 Å². The molecule has 4 rings (SSSR count). The van der Waals surface area contributed by atoms with Crippen LogP contribution in [0.3, 0.4) is 0 Å². The molecule has 4 aromatic rings. The van der Waals surface area contributed by atoms with Gasteiger partial charge in [-0.05, 0) is 48.2 Å². The SMILES string of the molecule is Cc1cc(C)cc(OCC(=O)Nc2nc(-c3ccc(-c4ccccc4)cc3)cs2)c1. The van der Waals surface area contributed by atoms with Crippen LogP contribution in [0.4, 0.5) is 5.13 Å². The molecule has 1 N–H and O–H groups in total. The maximum Gasteiger partial charge on any atom is 0.264 e. The lowest BCUT2D eigenvalue weighted by Crippen LogP contribution is -2.20. The molecule has 5 heteroatoms. The summed E-state index contributed by atoms with van der Waals surface area (Å²) in [5.74, 6) is 0.468. The molecule has 0 bridgehead atoms. The molecule has 4 nitrogen and oxygen atoms in total. The molecule has 0 fully saturated rings. The normalized spacial score (nSPS) is 10.6. The zero-order valence-electron chi connectivity index (χ0n) is 16.9. The molecule has 0 aliphatic heterocycles. The number of benzene rings is 3. The fourth-order valence-electron chi connectivity index (χ4n) is 3.25. The van der Waals surface area contributed by atoms with Crippen LogP contribution >= 0.6 is 11.3 Å². The van der Waals surface area contributed by atoms with Gasteiger partial charge in [0.15, 0.2) is 11.7 Å². The molecule has 0 spiro atoms. The largest absolute Gasteiger partial charge is 0.484 e. The Bertz CT molecular complexity index is 1130. The minimum Gasteiger partial charge on any atom is -0.484 e. The topological polar surface area (TPSA) is 51.2 Å². The Morgan fingerprint density at radius 1 is 0.900 bits per heavy atom. The maximum absolute atomic E-state index is 12.2. The Balaban J connectivity index is 1.37. The molecule has 1 aromatic heterocycles. The standard InChI is InChI=1S/C25H22N2O2S/c1-17-12-18(2)14-22(13-17)29-15-24(28)27-25-26-23(16-30-25)21-10-8-20(9-11-21)19-6-4-3-5-7-19/h3-14,16H,15H2,1-2H3,(H,26,27,28). The fourth-order valence-corrected chi connectivity index (χ4v) is 3.98. The van der Waals surface area contributed by atoms with Gasteiger partial charge in [-0.2, -0.15) is 0 Å². The Morgan fingerprint density at radius 3 is 2.23 bits per heavy atom. The van der Waals surface area contributed by atoms with E-state index < -0.39 is 0 Å². The first kappa shape index (κ1) is 19.9. The van der Waals surface area contributed by atoms with Crippen LogP contribution in [-0.2, 0) is 4.79 Å². The molecule has 0 saturated carbocycles. The van der Waals surface area contributed by atoms with Crippen molar-refractivity contribution in [3.63, 3.8) is 0 Å². The third-order valence-electron chi connectivity index (χ3n) is 4.60. The van der Waals surface area contributed by atoms with Crippen LogP contribution < -0.4 is 10.1 Å². The lowest BCUT2D eigenvalue weighted by molar-refractivity contribution is -0.118. The number of thiazole rings is 1. The predicted molar refractivity (Wildman–Crippen MR) is 123 cm³/mol. The average Bonchev–Trinajstić information content (AvgIpc) is 3.21. The van der Waals surface area contributed by atoms with Crippen LogP contribution in [0.5, 0.6) is 5.75 Å². The van der Waals surface area contributed by atoms with Crippen LogP contribution in [0.1, 0.15) is 11.1 Å². The van der Waals surface area contributed by atoms with E-state index in [0.717, 1.165) is 27.9 Å². The van der Waals surface area contributed by atoms with Crippen molar-refractivity contribution in [3.8, 4) is 28.1 Å². The number of hydrogen-bond acceptors (Lipinski definition) is 4. The maximum atomic E-state index is 12.2. The third-order valence-corrected chi connectivity index (χ3v) is 5.36. The van der Waals surface area contributed by atoms with Crippen molar-refractivity contribution in [2.45, 2.75) is 13.8 Å². The van der Waals surface area contributed by atoms with E-state index in [2.05, 4.69) is 40.6 Å². The van der Waals surface area contributed by atoms with E-state index in [1.807, 2.05) is 61.7 Å². The first-order valence-electron chi connectivity index (χ1n) is 9.69. The summed E-state index contributed by atoms with van der Waals surface area (Å²) in [6.45, 7) is 3.95. The van der Waals surface area contributed by atoms with E-state index in [4.69, 9.17) is 4.74 Å². The molecule has 0 radical (unpaired) electrons. The molecular formula is C25H22N2O2S. The Labute approximate surface area is 180 Å². The minimum atomic E-state index is -0.227. The van der Waals surface area contributed by atoms with E-state index in [1.165, 1.54) is 16.9 Å². The molecule has 1 amide bonds. The van der Waals surface area contributed by atoms with E-state index in [-0.39, 0.29) is 12.5 Å². The van der Waals surface area contributed by atoms with Crippen molar-refractivity contribution >= 4 is 22.4 Å². The van der Waals surface area contributed by atoms with Gasteiger partial charge in [-0.3, -0.25) is 10.1 Å². The molecule has 0 aliphatic rings. The molecule has 30 heavy (non-hydrogen) atoms. The number of rotatable bonds is 6. The summed E-state index contributed by atoms with van der Waals surface area (Å²) in [5.41, 5.74) is 6.40. The number of amides is 1. The second-order valence-corrected chi connectivity index (χ2v) is 8.00. The van der Waals surface area contributed by atoms with Gasteiger partial charge in [0.05, 0.1) is 5.69 Å². The number of aromatic nitrogens is 1. The van der Waals surface area contributed by atoms with Gasteiger partial charge in [-0.15, -0.1) is 11.3 Å². The molecule has 0 atom stereocenters. The first-order valence-corrected chi connectivity index (χ1v) is 10.6. The molecule has 3 aromatic carbocycles. The lowest BCUT2D eigenvalue weighted by Gasteiger charge is -2.07. The number of nitrogens with one attached hydrogen (secondary N) is 1. The van der Waals surface area contributed by atoms with Crippen LogP contribution in [-0.4, -0.2) is 17.5 Å². The highest BCUT2D eigenvalue weighted by Gasteiger charge is 2.09. The molecule has 150 valence electrons. The Morgan fingerprint density at radius 2 is 1.53 bits per heavy atom. The van der Waals surface area contributed by atoms with Crippen LogP contribution in [0.2, 0.25) is 0 Å². The summed E-state index contributed by atoms with van der Waals surface area (Å²) in [4.78, 5) is 16.8. The first-order chi connectivity index (χ1) is 14.6. The third kappa shape index (κ3) is 4.93. The summed E-state index contributed by atoms with van der Waals surface area (Å²) >= 11 is 1.40. The minimum absolute atomic E-state index is 0.0520. The van der Waals surface area contributed by atoms with Crippen LogP contribution in [0, 0.1) is 13.8 Å². The number of hydrogen-bond donors (Lipinski definition) is 1. The van der Waals surface area contributed by atoms with Crippen LogP contribution in [0.25, 0.3) is 22.4 Å². The quantitative estimate of drug-likeness (QED) is 0.414. The van der Waals surface area contributed by atoms with Crippen molar-refractivity contribution in [1.82, 2.24) is 4.98 Å². The van der Waals surface area contributed by atoms with E-state index >= 15 is 0 Å². The smallest absolute Gasteiger partial charge is 0.264 e. The number of anilines is 1. The summed E-state index contributed by atoms with van der Waals surface area (Å²) < 4.78 is 5.61. The molecular weight excluding hydrogens is 392 g/mol. The number of carbonyl (C=O) groups is 1. The second kappa shape index (κ2) is 8.93. The summed E-state index contributed by atoms with van der Waals surface area (Å²) in [7, 11) is 0. The second-order valence-electron chi connectivity index (χ2n) is 7.14. The Hall–Kier alpha value is -3.44. The van der Waals surface area contributed by atoms with Crippen molar-refractivity contribution in [2.24, 2.45) is 0 Å². The number of ether oxygens (including phenoxy) is 1. The number of nitrogens with zero attached hydrogens (tertiary/aromatic N) is 1. The zero-order valence-corrected chi connectivity index (χ0v) is 17.7. The highest BCUT2D eigenvalue weighted by molar-refractivity contribution is 7.14. The predicted octanol–water partition coefficient (Wildman–Crippen LogP) is 6.11. The summed E-state index contributed by atoms with van der Waals surface area (Å²) in [6, 6.07) is 24.4. The van der Waals surface area contributed by atoms with Gasteiger partial charge in [-0.25, -0.2) is 4.98 Å². The highest BCUT2D eigenvalue weighted by Crippen LogP contribution is 2.27. The van der Waals surface area contributed by atoms with E-state index in [9.17, 15) is 4.79 Å². The van der Waals surface area contributed by atoms with E-state index in [1.54, 1.807) is 0 Å². The van der Waals surface area contributed by atoms with Gasteiger partial charge < -0.3 is 4.74 Å². The van der Waals surface area contributed by atoms with Gasteiger partial charge in [-0.1, -0.05) is 60.7 Å². The van der Waals surface area contributed by atoms with Gasteiger partial charge in [0, 0.05) is 10.9 Å². The van der Waals surface area contributed by atoms with Gasteiger partial charge >= 0.3 is 0 Å². The van der Waals surface area contributed by atoms with E-state index in [0.29, 0.717) is 10.9 Å². The zero-order chi connectivity index (χ0) is 20.9.